The molecule has 0 amide bonds. The standard InChI is InChI=1S/C28H23BrFN5O3/c1-16(2)35-15-22(17-4-6-19(30)7-5-17)28(37)27(33-35)25(36)11-20-8-9-21(14-31-20)38-26-10-18-13-32-34(3)24(18)12-23(26)29/h4-10,12-16H,11H2,1-3H3. The molecule has 0 atom stereocenters. The Hall–Kier alpha value is -4.18. The number of hydrogen-bond donors (Lipinski definition) is 0. The maximum atomic E-state index is 13.4. The average molecular weight is 576 g/mol. The lowest BCUT2D eigenvalue weighted by Gasteiger charge is -2.13. The summed E-state index contributed by atoms with van der Waals surface area (Å²) in [5, 5.41) is 9.48. The molecule has 3 aromatic heterocycles. The molecule has 38 heavy (non-hydrogen) atoms. The number of carbonyl (C=O) groups is 1. The molecule has 3 heterocycles. The van der Waals surface area contributed by atoms with E-state index >= 15 is 0 Å². The van der Waals surface area contributed by atoms with Gasteiger partial charge in [0, 0.05) is 35.9 Å². The molecular weight excluding hydrogens is 553 g/mol. The molecule has 0 aliphatic carbocycles. The molecule has 192 valence electrons. The number of benzene rings is 2. The van der Waals surface area contributed by atoms with Gasteiger partial charge in [0.05, 0.1) is 28.8 Å². The van der Waals surface area contributed by atoms with Crippen molar-refractivity contribution in [3.05, 3.63) is 99.0 Å². The fraction of sp³-hybridized carbons (Fsp3) is 0.179. The number of hydrogen-bond acceptors (Lipinski definition) is 6. The maximum absolute atomic E-state index is 13.4. The van der Waals surface area contributed by atoms with Crippen LogP contribution in [0.4, 0.5) is 4.39 Å². The Bertz CT molecular complexity index is 1710. The molecule has 0 radical (unpaired) electrons. The lowest BCUT2D eigenvalue weighted by Crippen LogP contribution is -2.25. The molecule has 0 aliphatic rings. The number of carbonyl (C=O) groups excluding carboxylic acids is 1. The number of Topliss-reactive ketones (excluding diaryl/α,β-unsaturated/α-hetero) is 1. The van der Waals surface area contributed by atoms with Gasteiger partial charge in [-0.15, -0.1) is 0 Å². The van der Waals surface area contributed by atoms with Crippen molar-refractivity contribution in [2.75, 3.05) is 0 Å². The summed E-state index contributed by atoms with van der Waals surface area (Å²) in [5.74, 6) is 0.224. The van der Waals surface area contributed by atoms with Crippen LogP contribution in [0, 0.1) is 5.82 Å². The van der Waals surface area contributed by atoms with Crippen LogP contribution >= 0.6 is 15.9 Å². The van der Waals surface area contributed by atoms with Gasteiger partial charge in [-0.25, -0.2) is 4.39 Å². The van der Waals surface area contributed by atoms with Crippen molar-refractivity contribution in [1.29, 1.82) is 0 Å². The van der Waals surface area contributed by atoms with E-state index in [0.29, 0.717) is 22.8 Å². The summed E-state index contributed by atoms with van der Waals surface area (Å²) in [4.78, 5) is 30.7. The fourth-order valence-electron chi connectivity index (χ4n) is 3.97. The summed E-state index contributed by atoms with van der Waals surface area (Å²) in [6.45, 7) is 3.79. The van der Waals surface area contributed by atoms with Crippen LogP contribution < -0.4 is 10.2 Å². The first-order valence-electron chi connectivity index (χ1n) is 11.9. The van der Waals surface area contributed by atoms with E-state index in [1.807, 2.05) is 33.0 Å². The third kappa shape index (κ3) is 5.12. The lowest BCUT2D eigenvalue weighted by molar-refractivity contribution is 0.0983. The Morgan fingerprint density at radius 1 is 1.11 bits per heavy atom. The second-order valence-electron chi connectivity index (χ2n) is 9.10. The number of rotatable bonds is 7. The Kier molecular flexibility index (Phi) is 6.90. The highest BCUT2D eigenvalue weighted by Crippen LogP contribution is 2.33. The average Bonchev–Trinajstić information content (AvgIpc) is 3.25. The zero-order valence-electron chi connectivity index (χ0n) is 20.9. The summed E-state index contributed by atoms with van der Waals surface area (Å²) in [5.41, 5.74) is 1.53. The van der Waals surface area contributed by atoms with Crippen LogP contribution in [0.15, 0.2) is 76.4 Å². The number of ketones is 1. The monoisotopic (exact) mass is 575 g/mol. The van der Waals surface area contributed by atoms with Crippen LogP contribution in [-0.2, 0) is 13.5 Å². The molecule has 2 aromatic carbocycles. The highest BCUT2D eigenvalue weighted by molar-refractivity contribution is 9.10. The topological polar surface area (TPSA) is 91.9 Å². The molecule has 0 fully saturated rings. The van der Waals surface area contributed by atoms with Gasteiger partial charge < -0.3 is 4.74 Å². The smallest absolute Gasteiger partial charge is 0.219 e. The highest BCUT2D eigenvalue weighted by Gasteiger charge is 2.20. The minimum Gasteiger partial charge on any atom is -0.455 e. The number of aryl methyl sites for hydroxylation is 1. The van der Waals surface area contributed by atoms with E-state index < -0.39 is 17.0 Å². The van der Waals surface area contributed by atoms with Gasteiger partial charge in [-0.05, 0) is 71.7 Å². The minimum atomic E-state index is -0.505. The summed E-state index contributed by atoms with van der Waals surface area (Å²) in [6, 6.07) is 12.7. The Morgan fingerprint density at radius 2 is 1.87 bits per heavy atom. The molecule has 5 aromatic rings. The van der Waals surface area contributed by atoms with E-state index in [0.717, 1.165) is 15.4 Å². The predicted molar refractivity (Wildman–Crippen MR) is 145 cm³/mol. The first-order valence-corrected chi connectivity index (χ1v) is 12.7. The van der Waals surface area contributed by atoms with Gasteiger partial charge in [-0.3, -0.25) is 23.9 Å². The zero-order chi connectivity index (χ0) is 27.0. The first-order chi connectivity index (χ1) is 18.2. The van der Waals surface area contributed by atoms with Crippen LogP contribution in [0.2, 0.25) is 0 Å². The number of aromatic nitrogens is 5. The van der Waals surface area contributed by atoms with Crippen molar-refractivity contribution < 1.29 is 13.9 Å². The Morgan fingerprint density at radius 3 is 2.55 bits per heavy atom. The van der Waals surface area contributed by atoms with Crippen molar-refractivity contribution >= 4 is 32.6 Å². The molecule has 10 heteroatoms. The van der Waals surface area contributed by atoms with Crippen LogP contribution in [-0.4, -0.2) is 30.3 Å². The van der Waals surface area contributed by atoms with E-state index in [1.165, 1.54) is 30.5 Å². The van der Waals surface area contributed by atoms with E-state index in [4.69, 9.17) is 4.74 Å². The predicted octanol–water partition coefficient (Wildman–Crippen LogP) is 5.89. The van der Waals surface area contributed by atoms with Crippen LogP contribution in [0.3, 0.4) is 0 Å². The number of nitrogens with zero attached hydrogens (tertiary/aromatic N) is 5. The maximum Gasteiger partial charge on any atom is 0.219 e. The molecule has 0 unspecified atom stereocenters. The lowest BCUT2D eigenvalue weighted by atomic mass is 10.0. The molecule has 8 nitrogen and oxygen atoms in total. The number of ether oxygens (including phenoxy) is 1. The largest absolute Gasteiger partial charge is 0.455 e. The van der Waals surface area contributed by atoms with Crippen molar-refractivity contribution in [2.45, 2.75) is 26.3 Å². The van der Waals surface area contributed by atoms with E-state index in [1.54, 1.807) is 33.9 Å². The second kappa shape index (κ2) is 10.3. The van der Waals surface area contributed by atoms with Gasteiger partial charge in [0.15, 0.2) is 11.5 Å². The summed E-state index contributed by atoms with van der Waals surface area (Å²) in [6.07, 6.45) is 4.76. The van der Waals surface area contributed by atoms with Gasteiger partial charge in [0.25, 0.3) is 0 Å². The third-order valence-electron chi connectivity index (χ3n) is 6.05. The molecule has 0 aliphatic heterocycles. The fourth-order valence-corrected chi connectivity index (χ4v) is 4.38. The van der Waals surface area contributed by atoms with Crippen molar-refractivity contribution in [3.8, 4) is 22.6 Å². The molecule has 0 saturated heterocycles. The SMILES string of the molecule is CC(C)n1cc(-c2ccc(F)cc2)c(=O)c(C(=O)Cc2ccc(Oc3cc4cnn(C)c4cc3Br)cn2)n1. The van der Waals surface area contributed by atoms with E-state index in [2.05, 4.69) is 31.1 Å². The second-order valence-corrected chi connectivity index (χ2v) is 9.95. The number of fused-ring (bicyclic) bond motifs is 1. The molecule has 0 saturated carbocycles. The van der Waals surface area contributed by atoms with Gasteiger partial charge in [-0.2, -0.15) is 10.2 Å². The molecule has 5 rings (SSSR count). The van der Waals surface area contributed by atoms with Gasteiger partial charge in [0.2, 0.25) is 5.43 Å². The van der Waals surface area contributed by atoms with E-state index in [-0.39, 0.29) is 23.7 Å². The van der Waals surface area contributed by atoms with E-state index in [9.17, 15) is 14.0 Å². The normalized spacial score (nSPS) is 11.3. The number of pyridine rings is 1. The quantitative estimate of drug-likeness (QED) is 0.225. The zero-order valence-corrected chi connectivity index (χ0v) is 22.4. The van der Waals surface area contributed by atoms with Crippen molar-refractivity contribution in [2.24, 2.45) is 7.05 Å². The highest BCUT2D eigenvalue weighted by atomic mass is 79.9. The number of halogens is 2. The summed E-state index contributed by atoms with van der Waals surface area (Å²) in [7, 11) is 1.87. The Balaban J connectivity index is 1.38. The molecule has 0 N–H and O–H groups in total. The Labute approximate surface area is 225 Å². The van der Waals surface area contributed by atoms with Gasteiger partial charge >= 0.3 is 0 Å². The summed E-state index contributed by atoms with van der Waals surface area (Å²) < 4.78 is 23.5. The van der Waals surface area contributed by atoms with Crippen LogP contribution in [0.1, 0.15) is 36.1 Å². The molecular formula is C28H23BrFN5O3. The summed E-state index contributed by atoms with van der Waals surface area (Å²) >= 11 is 3.53. The first kappa shape index (κ1) is 25.5. The van der Waals surface area contributed by atoms with Gasteiger partial charge in [-0.1, -0.05) is 12.1 Å². The van der Waals surface area contributed by atoms with Crippen molar-refractivity contribution in [3.63, 3.8) is 0 Å². The minimum absolute atomic E-state index is 0.0962. The third-order valence-corrected chi connectivity index (χ3v) is 6.67. The van der Waals surface area contributed by atoms with Crippen LogP contribution in [0.5, 0.6) is 11.5 Å². The molecule has 0 bridgehead atoms. The van der Waals surface area contributed by atoms with Crippen molar-refractivity contribution in [1.82, 2.24) is 24.5 Å². The molecule has 0 spiro atoms. The van der Waals surface area contributed by atoms with Gasteiger partial charge in [0.1, 0.15) is 17.3 Å². The van der Waals surface area contributed by atoms with Crippen LogP contribution in [0.25, 0.3) is 22.0 Å².